The number of hydrogen-bond acceptors (Lipinski definition) is 2. The van der Waals surface area contributed by atoms with Crippen molar-refractivity contribution < 1.29 is 13.6 Å². The van der Waals surface area contributed by atoms with E-state index in [9.17, 15) is 13.6 Å². The summed E-state index contributed by atoms with van der Waals surface area (Å²) in [7, 11) is 1.57. The lowest BCUT2D eigenvalue weighted by Crippen LogP contribution is -2.45. The van der Waals surface area contributed by atoms with Crippen molar-refractivity contribution in [3.8, 4) is 0 Å². The third kappa shape index (κ3) is 2.11. The minimum absolute atomic E-state index is 0.261. The van der Waals surface area contributed by atoms with E-state index in [2.05, 4.69) is 5.32 Å². The van der Waals surface area contributed by atoms with Crippen molar-refractivity contribution >= 4 is 5.78 Å². The summed E-state index contributed by atoms with van der Waals surface area (Å²) in [4.78, 5) is 11.9. The van der Waals surface area contributed by atoms with E-state index in [4.69, 9.17) is 0 Å². The summed E-state index contributed by atoms with van der Waals surface area (Å²) in [5.41, 5.74) is -1.20. The average Bonchev–Trinajstić information content (AvgIpc) is 2.24. The minimum atomic E-state index is -0.991. The van der Waals surface area contributed by atoms with E-state index in [1.165, 1.54) is 13.0 Å². The van der Waals surface area contributed by atoms with Gasteiger partial charge in [0, 0.05) is 0 Å². The lowest BCUT2D eigenvalue weighted by molar-refractivity contribution is 0.0880. The first-order valence-corrected chi connectivity index (χ1v) is 4.99. The standard InChI is InChI=1S/C12H15F2NO/c1-7-5-6-8(13)9(10(7)14)11(16)12(2,3)15-4/h5-6,15H,1-4H3. The lowest BCUT2D eigenvalue weighted by atomic mass is 9.92. The van der Waals surface area contributed by atoms with Crippen molar-refractivity contribution in [2.75, 3.05) is 7.05 Å². The molecule has 1 aromatic rings. The van der Waals surface area contributed by atoms with Gasteiger partial charge in [0.1, 0.15) is 11.6 Å². The molecular weight excluding hydrogens is 212 g/mol. The van der Waals surface area contributed by atoms with Crippen LogP contribution >= 0.6 is 0 Å². The van der Waals surface area contributed by atoms with Crippen LogP contribution < -0.4 is 5.32 Å². The largest absolute Gasteiger partial charge is 0.308 e. The van der Waals surface area contributed by atoms with Crippen LogP contribution in [0, 0.1) is 18.6 Å². The van der Waals surface area contributed by atoms with Gasteiger partial charge in [-0.2, -0.15) is 0 Å². The summed E-state index contributed by atoms with van der Waals surface area (Å²) in [5.74, 6) is -2.20. The SMILES string of the molecule is CNC(C)(C)C(=O)c1c(F)ccc(C)c1F. The van der Waals surface area contributed by atoms with Crippen molar-refractivity contribution in [1.82, 2.24) is 5.32 Å². The predicted molar refractivity (Wildman–Crippen MR) is 58.6 cm³/mol. The van der Waals surface area contributed by atoms with Crippen molar-refractivity contribution in [2.45, 2.75) is 26.3 Å². The first kappa shape index (κ1) is 12.8. The monoisotopic (exact) mass is 227 g/mol. The molecule has 0 bridgehead atoms. The maximum atomic E-state index is 13.7. The highest BCUT2D eigenvalue weighted by Crippen LogP contribution is 2.21. The Morgan fingerprint density at radius 2 is 1.88 bits per heavy atom. The summed E-state index contributed by atoms with van der Waals surface area (Å²) >= 11 is 0. The summed E-state index contributed by atoms with van der Waals surface area (Å²) in [6.45, 7) is 4.66. The van der Waals surface area contributed by atoms with Crippen LogP contribution in [0.2, 0.25) is 0 Å². The van der Waals surface area contributed by atoms with Gasteiger partial charge in [0.2, 0.25) is 0 Å². The van der Waals surface area contributed by atoms with Crippen LogP contribution in [0.3, 0.4) is 0 Å². The molecule has 0 aliphatic heterocycles. The Kier molecular flexibility index (Phi) is 3.43. The van der Waals surface area contributed by atoms with Gasteiger partial charge in [-0.05, 0) is 39.4 Å². The zero-order chi connectivity index (χ0) is 12.5. The topological polar surface area (TPSA) is 29.1 Å². The number of carbonyl (C=O) groups excluding carboxylic acids is 1. The Balaban J connectivity index is 3.34. The number of hydrogen-bond donors (Lipinski definition) is 1. The van der Waals surface area contributed by atoms with Gasteiger partial charge in [0.15, 0.2) is 5.78 Å². The van der Waals surface area contributed by atoms with Gasteiger partial charge in [-0.1, -0.05) is 6.07 Å². The Bertz CT molecular complexity index is 427. The minimum Gasteiger partial charge on any atom is -0.308 e. The molecule has 1 N–H and O–H groups in total. The molecule has 0 radical (unpaired) electrons. The van der Waals surface area contributed by atoms with E-state index in [1.807, 2.05) is 0 Å². The fourth-order valence-corrected chi connectivity index (χ4v) is 1.29. The van der Waals surface area contributed by atoms with Gasteiger partial charge in [0.05, 0.1) is 11.1 Å². The molecule has 0 unspecified atom stereocenters. The highest BCUT2D eigenvalue weighted by atomic mass is 19.1. The Labute approximate surface area is 93.7 Å². The molecule has 0 fully saturated rings. The van der Waals surface area contributed by atoms with Crippen LogP contribution in [0.4, 0.5) is 8.78 Å². The molecule has 0 saturated heterocycles. The molecule has 0 aliphatic rings. The Morgan fingerprint density at radius 3 is 2.38 bits per heavy atom. The molecule has 2 nitrogen and oxygen atoms in total. The van der Waals surface area contributed by atoms with E-state index in [0.29, 0.717) is 0 Å². The van der Waals surface area contributed by atoms with E-state index in [1.54, 1.807) is 20.9 Å². The van der Waals surface area contributed by atoms with Crippen LogP contribution in [0.5, 0.6) is 0 Å². The molecular formula is C12H15F2NO. The normalized spacial score (nSPS) is 11.6. The van der Waals surface area contributed by atoms with E-state index >= 15 is 0 Å². The molecule has 0 aromatic heterocycles. The number of benzene rings is 1. The van der Waals surface area contributed by atoms with E-state index < -0.39 is 28.5 Å². The van der Waals surface area contributed by atoms with Gasteiger partial charge in [-0.3, -0.25) is 4.79 Å². The molecule has 0 aliphatic carbocycles. The van der Waals surface area contributed by atoms with Crippen molar-refractivity contribution in [1.29, 1.82) is 0 Å². The van der Waals surface area contributed by atoms with E-state index in [0.717, 1.165) is 6.07 Å². The third-order valence-corrected chi connectivity index (χ3v) is 2.70. The zero-order valence-corrected chi connectivity index (χ0v) is 9.82. The number of halogens is 2. The van der Waals surface area contributed by atoms with Crippen LogP contribution in [-0.4, -0.2) is 18.4 Å². The summed E-state index contributed by atoms with van der Waals surface area (Å²) < 4.78 is 27.1. The average molecular weight is 227 g/mol. The molecule has 1 rings (SSSR count). The molecule has 16 heavy (non-hydrogen) atoms. The molecule has 0 spiro atoms. The number of rotatable bonds is 3. The second-order valence-corrected chi connectivity index (χ2v) is 4.26. The molecule has 88 valence electrons. The number of carbonyl (C=O) groups is 1. The van der Waals surface area contributed by atoms with Crippen molar-refractivity contribution in [2.24, 2.45) is 0 Å². The van der Waals surface area contributed by atoms with E-state index in [-0.39, 0.29) is 5.56 Å². The lowest BCUT2D eigenvalue weighted by Gasteiger charge is -2.23. The van der Waals surface area contributed by atoms with Crippen LogP contribution in [0.25, 0.3) is 0 Å². The zero-order valence-electron chi connectivity index (χ0n) is 9.82. The summed E-state index contributed by atoms with van der Waals surface area (Å²) in [5, 5.41) is 2.73. The highest BCUT2D eigenvalue weighted by molar-refractivity contribution is 6.03. The molecule has 0 saturated carbocycles. The fraction of sp³-hybridized carbons (Fsp3) is 0.417. The second-order valence-electron chi connectivity index (χ2n) is 4.26. The van der Waals surface area contributed by atoms with Gasteiger partial charge in [-0.15, -0.1) is 0 Å². The Hall–Kier alpha value is -1.29. The number of likely N-dealkylation sites (N-methyl/N-ethyl adjacent to an activating group) is 1. The molecule has 1 aromatic carbocycles. The molecule has 0 amide bonds. The van der Waals surface area contributed by atoms with Gasteiger partial charge in [0.25, 0.3) is 0 Å². The number of nitrogens with one attached hydrogen (secondary N) is 1. The molecule has 0 heterocycles. The number of ketones is 1. The summed E-state index contributed by atoms with van der Waals surface area (Å²) in [6, 6.07) is 2.42. The van der Waals surface area contributed by atoms with Crippen molar-refractivity contribution in [3.05, 3.63) is 34.9 Å². The first-order valence-electron chi connectivity index (χ1n) is 4.99. The number of aryl methyl sites for hydroxylation is 1. The van der Waals surface area contributed by atoms with Crippen LogP contribution in [-0.2, 0) is 0 Å². The fourth-order valence-electron chi connectivity index (χ4n) is 1.29. The quantitative estimate of drug-likeness (QED) is 0.804. The van der Waals surface area contributed by atoms with Crippen molar-refractivity contribution in [3.63, 3.8) is 0 Å². The van der Waals surface area contributed by atoms with Crippen LogP contribution in [0.1, 0.15) is 29.8 Å². The van der Waals surface area contributed by atoms with Gasteiger partial charge in [-0.25, -0.2) is 8.78 Å². The van der Waals surface area contributed by atoms with Gasteiger partial charge >= 0.3 is 0 Å². The first-order chi connectivity index (χ1) is 7.31. The van der Waals surface area contributed by atoms with Crippen LogP contribution in [0.15, 0.2) is 12.1 Å². The third-order valence-electron chi connectivity index (χ3n) is 2.70. The molecule has 0 atom stereocenters. The molecule has 4 heteroatoms. The van der Waals surface area contributed by atoms with Gasteiger partial charge < -0.3 is 5.32 Å². The maximum absolute atomic E-state index is 13.7. The maximum Gasteiger partial charge on any atom is 0.188 e. The predicted octanol–water partition coefficient (Wildman–Crippen LogP) is 2.45. The second kappa shape index (κ2) is 4.29. The highest BCUT2D eigenvalue weighted by Gasteiger charge is 2.31. The summed E-state index contributed by atoms with van der Waals surface area (Å²) in [6.07, 6.45) is 0. The number of Topliss-reactive ketones (excluding diaryl/α,β-unsaturated/α-hetero) is 1. The smallest absolute Gasteiger partial charge is 0.188 e. The Morgan fingerprint density at radius 1 is 1.31 bits per heavy atom.